The van der Waals surface area contributed by atoms with Crippen LogP contribution in [0.4, 0.5) is 21.9 Å². The van der Waals surface area contributed by atoms with E-state index in [-0.39, 0.29) is 23.3 Å². The Labute approximate surface area is 227 Å². The lowest BCUT2D eigenvalue weighted by molar-refractivity contribution is 0.0853. The number of nitrogens with two attached hydrogens (primary N) is 2. The Kier molecular flexibility index (Phi) is 7.53. The van der Waals surface area contributed by atoms with Crippen molar-refractivity contribution in [1.29, 1.82) is 0 Å². The van der Waals surface area contributed by atoms with Gasteiger partial charge < -0.3 is 36.4 Å². The number of nitrogens with one attached hydrogen (secondary N) is 1. The molecule has 0 unspecified atom stereocenters. The number of pyridine rings is 2. The number of anilines is 3. The van der Waals surface area contributed by atoms with Crippen LogP contribution in [0, 0.1) is 5.92 Å². The maximum absolute atomic E-state index is 13.4. The number of fused-ring (bicyclic) bond motifs is 1. The molecule has 2 aliphatic heterocycles. The Morgan fingerprint density at radius 3 is 2.67 bits per heavy atom. The molecule has 2 aliphatic rings. The average molecular weight is 534 g/mol. The first kappa shape index (κ1) is 26.6. The summed E-state index contributed by atoms with van der Waals surface area (Å²) in [6, 6.07) is 9.01. The molecule has 206 valence electrons. The summed E-state index contributed by atoms with van der Waals surface area (Å²) in [4.78, 5) is 37.2. The van der Waals surface area contributed by atoms with Gasteiger partial charge in [-0.05, 0) is 48.4 Å². The fraction of sp³-hybridized carbons (Fsp3) is 0.429. The summed E-state index contributed by atoms with van der Waals surface area (Å²) in [5.41, 5.74) is 16.3. The quantitative estimate of drug-likeness (QED) is 0.386. The summed E-state index contributed by atoms with van der Waals surface area (Å²) in [7, 11) is 1.55. The van der Waals surface area contributed by atoms with Gasteiger partial charge in [0.05, 0.1) is 34.8 Å². The molecule has 1 aromatic carbocycles. The molecular weight excluding hydrogens is 498 g/mol. The second kappa shape index (κ2) is 11.0. The van der Waals surface area contributed by atoms with Crippen LogP contribution >= 0.6 is 0 Å². The van der Waals surface area contributed by atoms with Crippen molar-refractivity contribution in [2.24, 2.45) is 11.7 Å². The molecule has 2 aromatic heterocycles. The highest BCUT2D eigenvalue weighted by Crippen LogP contribution is 2.32. The SMILES string of the molecule is C[C@H]1CN(c2ccncc2NC(=O)c2nc3cc(C4CCOCC4)ccc3cc2N)C[C@@H](N)[C@H]1N(C)C(=O)O. The van der Waals surface area contributed by atoms with E-state index in [4.69, 9.17) is 16.2 Å². The molecule has 0 saturated carbocycles. The number of nitrogens with zero attached hydrogens (tertiary/aromatic N) is 4. The molecule has 0 spiro atoms. The number of aromatic nitrogens is 2. The zero-order valence-electron chi connectivity index (χ0n) is 22.2. The Morgan fingerprint density at radius 2 is 1.95 bits per heavy atom. The van der Waals surface area contributed by atoms with Crippen molar-refractivity contribution in [3.63, 3.8) is 0 Å². The zero-order chi connectivity index (χ0) is 27.7. The second-order valence-electron chi connectivity index (χ2n) is 10.5. The highest BCUT2D eigenvalue weighted by atomic mass is 16.5. The number of rotatable bonds is 5. The third-order valence-corrected chi connectivity index (χ3v) is 7.88. The van der Waals surface area contributed by atoms with Crippen molar-refractivity contribution in [3.8, 4) is 0 Å². The minimum atomic E-state index is -1.01. The first-order valence-electron chi connectivity index (χ1n) is 13.2. The normalized spacial score (nSPS) is 22.0. The minimum absolute atomic E-state index is 0.0331. The molecule has 0 bridgehead atoms. The first-order chi connectivity index (χ1) is 18.7. The summed E-state index contributed by atoms with van der Waals surface area (Å²) in [5, 5.41) is 13.3. The molecule has 4 heterocycles. The van der Waals surface area contributed by atoms with E-state index in [0.717, 1.165) is 37.1 Å². The van der Waals surface area contributed by atoms with Crippen molar-refractivity contribution in [1.82, 2.24) is 14.9 Å². The highest BCUT2D eigenvalue weighted by Gasteiger charge is 2.37. The molecule has 11 nitrogen and oxygen atoms in total. The van der Waals surface area contributed by atoms with Crippen LogP contribution in [0.25, 0.3) is 10.9 Å². The molecular formula is C28H35N7O4. The van der Waals surface area contributed by atoms with Crippen molar-refractivity contribution in [2.75, 3.05) is 49.3 Å². The molecule has 2 saturated heterocycles. The summed E-state index contributed by atoms with van der Waals surface area (Å²) in [5.74, 6) is -0.0572. The van der Waals surface area contributed by atoms with Gasteiger partial charge in [-0.15, -0.1) is 0 Å². The number of nitrogen functional groups attached to an aromatic ring is 1. The summed E-state index contributed by atoms with van der Waals surface area (Å²) in [6.07, 6.45) is 4.15. The van der Waals surface area contributed by atoms with E-state index in [9.17, 15) is 14.7 Å². The molecule has 2 amide bonds. The fourth-order valence-corrected chi connectivity index (χ4v) is 5.92. The fourth-order valence-electron chi connectivity index (χ4n) is 5.92. The number of piperidine rings is 1. The van der Waals surface area contributed by atoms with Crippen molar-refractivity contribution in [3.05, 3.63) is 54.0 Å². The van der Waals surface area contributed by atoms with Gasteiger partial charge in [0.15, 0.2) is 5.69 Å². The maximum atomic E-state index is 13.4. The van der Waals surface area contributed by atoms with Crippen molar-refractivity contribution < 1.29 is 19.4 Å². The van der Waals surface area contributed by atoms with Gasteiger partial charge in [-0.3, -0.25) is 9.78 Å². The van der Waals surface area contributed by atoms with E-state index in [1.165, 1.54) is 10.5 Å². The predicted molar refractivity (Wildman–Crippen MR) is 150 cm³/mol. The number of carbonyl (C=O) groups is 2. The number of hydrogen-bond donors (Lipinski definition) is 4. The molecule has 0 aliphatic carbocycles. The molecule has 3 aromatic rings. The number of carboxylic acid groups (broad SMARTS) is 1. The van der Waals surface area contributed by atoms with Gasteiger partial charge in [0.25, 0.3) is 5.91 Å². The molecule has 11 heteroatoms. The Hall–Kier alpha value is -3.96. The van der Waals surface area contributed by atoms with Crippen LogP contribution in [-0.2, 0) is 4.74 Å². The van der Waals surface area contributed by atoms with Crippen LogP contribution in [0.5, 0.6) is 0 Å². The van der Waals surface area contributed by atoms with E-state index in [0.29, 0.717) is 30.2 Å². The van der Waals surface area contributed by atoms with Gasteiger partial charge in [-0.1, -0.05) is 19.1 Å². The third-order valence-electron chi connectivity index (χ3n) is 7.88. The predicted octanol–water partition coefficient (Wildman–Crippen LogP) is 3.12. The van der Waals surface area contributed by atoms with E-state index >= 15 is 0 Å². The van der Waals surface area contributed by atoms with E-state index in [1.54, 1.807) is 25.5 Å². The Bertz CT molecular complexity index is 1370. The number of amides is 2. The second-order valence-corrected chi connectivity index (χ2v) is 10.5. The van der Waals surface area contributed by atoms with Gasteiger partial charge in [0.2, 0.25) is 0 Å². The maximum Gasteiger partial charge on any atom is 0.407 e. The van der Waals surface area contributed by atoms with Crippen molar-refractivity contribution >= 4 is 40.0 Å². The van der Waals surface area contributed by atoms with Crippen LogP contribution in [0.2, 0.25) is 0 Å². The molecule has 39 heavy (non-hydrogen) atoms. The number of hydrogen-bond acceptors (Lipinski definition) is 8. The highest BCUT2D eigenvalue weighted by molar-refractivity contribution is 6.09. The Morgan fingerprint density at radius 1 is 1.18 bits per heavy atom. The zero-order valence-corrected chi connectivity index (χ0v) is 22.2. The van der Waals surface area contributed by atoms with Crippen LogP contribution in [0.3, 0.4) is 0 Å². The largest absolute Gasteiger partial charge is 0.465 e. The number of ether oxygens (including phenoxy) is 1. The molecule has 3 atom stereocenters. The summed E-state index contributed by atoms with van der Waals surface area (Å²) >= 11 is 0. The average Bonchev–Trinajstić information content (AvgIpc) is 2.92. The number of carbonyl (C=O) groups excluding carboxylic acids is 1. The van der Waals surface area contributed by atoms with Gasteiger partial charge in [0, 0.05) is 51.0 Å². The van der Waals surface area contributed by atoms with Crippen LogP contribution in [-0.4, -0.2) is 77.4 Å². The monoisotopic (exact) mass is 533 g/mol. The lowest BCUT2D eigenvalue weighted by Gasteiger charge is -2.45. The van der Waals surface area contributed by atoms with Crippen LogP contribution < -0.4 is 21.7 Å². The number of benzene rings is 1. The smallest absolute Gasteiger partial charge is 0.407 e. The van der Waals surface area contributed by atoms with Gasteiger partial charge in [-0.2, -0.15) is 0 Å². The lowest BCUT2D eigenvalue weighted by Crippen LogP contribution is -2.62. The van der Waals surface area contributed by atoms with Gasteiger partial charge in [-0.25, -0.2) is 9.78 Å². The summed E-state index contributed by atoms with van der Waals surface area (Å²) < 4.78 is 5.50. The first-order valence-corrected chi connectivity index (χ1v) is 13.2. The molecule has 0 radical (unpaired) electrons. The van der Waals surface area contributed by atoms with E-state index in [2.05, 4.69) is 26.3 Å². The van der Waals surface area contributed by atoms with Gasteiger partial charge in [0.1, 0.15) is 0 Å². The third kappa shape index (κ3) is 5.45. The van der Waals surface area contributed by atoms with Crippen molar-refractivity contribution in [2.45, 2.75) is 37.8 Å². The number of likely N-dealkylation sites (N-methyl/N-ethyl adjacent to an activating group) is 1. The van der Waals surface area contributed by atoms with Gasteiger partial charge >= 0.3 is 6.09 Å². The van der Waals surface area contributed by atoms with E-state index < -0.39 is 18.0 Å². The topological polar surface area (TPSA) is 160 Å². The Balaban J connectivity index is 1.38. The standard InChI is InChI=1S/C28H35N7O4/c1-16-14-35(15-21(30)26(16)34(2)28(37)38)24-5-8-31-13-23(24)33-27(36)25-20(29)11-19-4-3-18(12-22(19)32-25)17-6-9-39-10-7-17/h3-5,8,11-13,16-17,21,26H,6-7,9-10,14-15,29-30H2,1-2H3,(H,33,36)(H,37,38)/t16-,21+,26-/m0/s1. The molecule has 5 rings (SSSR count). The summed E-state index contributed by atoms with van der Waals surface area (Å²) in [6.45, 7) is 4.45. The minimum Gasteiger partial charge on any atom is -0.465 e. The van der Waals surface area contributed by atoms with Crippen LogP contribution in [0.1, 0.15) is 41.7 Å². The molecule has 6 N–H and O–H groups in total. The lowest BCUT2D eigenvalue weighted by atomic mass is 9.89. The van der Waals surface area contributed by atoms with Crippen LogP contribution in [0.15, 0.2) is 42.7 Å². The van der Waals surface area contributed by atoms with E-state index in [1.807, 2.05) is 25.1 Å². The molecule has 2 fully saturated rings.